The number of hydrogen-bond donors (Lipinski definition) is 1. The third-order valence-corrected chi connectivity index (χ3v) is 4.96. The molecule has 0 aromatic heterocycles. The van der Waals surface area contributed by atoms with Gasteiger partial charge in [0.15, 0.2) is 0 Å². The lowest BCUT2D eigenvalue weighted by molar-refractivity contribution is -0.133. The van der Waals surface area contributed by atoms with Gasteiger partial charge >= 0.3 is 0 Å². The highest BCUT2D eigenvalue weighted by Gasteiger charge is 2.32. The number of thioether (sulfide) groups is 1. The van der Waals surface area contributed by atoms with Crippen molar-refractivity contribution in [2.45, 2.75) is 49.8 Å². The molecule has 0 spiro atoms. The Morgan fingerprint density at radius 3 is 2.56 bits per heavy atom. The SMILES string of the molecule is O=C(C1CCCS1)N(CCO)C1CCCC1. The predicted octanol–water partition coefficient (Wildman–Crippen LogP) is 1.65. The summed E-state index contributed by atoms with van der Waals surface area (Å²) in [6.45, 7) is 0.625. The first kappa shape index (κ1) is 12.2. The first-order chi connectivity index (χ1) is 7.83. The average Bonchev–Trinajstić information content (AvgIpc) is 2.96. The monoisotopic (exact) mass is 243 g/mol. The molecule has 2 fully saturated rings. The summed E-state index contributed by atoms with van der Waals surface area (Å²) < 4.78 is 0. The van der Waals surface area contributed by atoms with E-state index in [1.807, 2.05) is 4.90 Å². The van der Waals surface area contributed by atoms with Gasteiger partial charge in [0, 0.05) is 12.6 Å². The second-order valence-electron chi connectivity index (χ2n) is 4.70. The van der Waals surface area contributed by atoms with Crippen molar-refractivity contribution >= 4 is 17.7 Å². The Kier molecular flexibility index (Phi) is 4.53. The molecule has 92 valence electrons. The summed E-state index contributed by atoms with van der Waals surface area (Å²) in [4.78, 5) is 14.3. The fraction of sp³-hybridized carbons (Fsp3) is 0.917. The van der Waals surface area contributed by atoms with E-state index in [-0.39, 0.29) is 17.8 Å². The minimum atomic E-state index is 0.0969. The summed E-state index contributed by atoms with van der Waals surface area (Å²) in [6, 6.07) is 0.404. The molecule has 0 aromatic rings. The van der Waals surface area contributed by atoms with E-state index < -0.39 is 0 Å². The highest BCUT2D eigenvalue weighted by atomic mass is 32.2. The number of nitrogens with zero attached hydrogens (tertiary/aromatic N) is 1. The summed E-state index contributed by atoms with van der Waals surface area (Å²) in [7, 11) is 0. The predicted molar refractivity (Wildman–Crippen MR) is 66.5 cm³/mol. The molecule has 0 aromatic carbocycles. The van der Waals surface area contributed by atoms with Crippen LogP contribution >= 0.6 is 11.8 Å². The zero-order valence-corrected chi connectivity index (χ0v) is 10.5. The molecule has 2 aliphatic rings. The maximum atomic E-state index is 12.3. The van der Waals surface area contributed by atoms with Crippen LogP contribution in [0.1, 0.15) is 38.5 Å². The molecule has 3 nitrogen and oxygen atoms in total. The highest BCUT2D eigenvalue weighted by Crippen LogP contribution is 2.31. The van der Waals surface area contributed by atoms with Gasteiger partial charge in [-0.25, -0.2) is 0 Å². The molecule has 1 N–H and O–H groups in total. The molecular formula is C12H21NO2S. The second-order valence-corrected chi connectivity index (χ2v) is 6.01. The molecule has 1 aliphatic carbocycles. The fourth-order valence-corrected chi connectivity index (χ4v) is 3.98. The van der Waals surface area contributed by atoms with Crippen molar-refractivity contribution in [3.8, 4) is 0 Å². The minimum Gasteiger partial charge on any atom is -0.395 e. The lowest BCUT2D eigenvalue weighted by atomic mass is 10.1. The topological polar surface area (TPSA) is 40.5 Å². The molecule has 16 heavy (non-hydrogen) atoms. The Morgan fingerprint density at radius 1 is 1.25 bits per heavy atom. The van der Waals surface area contributed by atoms with Crippen molar-refractivity contribution in [3.63, 3.8) is 0 Å². The molecule has 4 heteroatoms. The molecule has 0 bridgehead atoms. The van der Waals surface area contributed by atoms with Gasteiger partial charge in [0.25, 0.3) is 0 Å². The molecule has 1 aliphatic heterocycles. The van der Waals surface area contributed by atoms with E-state index in [9.17, 15) is 4.79 Å². The number of hydrogen-bond acceptors (Lipinski definition) is 3. The quantitative estimate of drug-likeness (QED) is 0.816. The molecule has 1 unspecified atom stereocenters. The van der Waals surface area contributed by atoms with Gasteiger partial charge in [-0.05, 0) is 31.4 Å². The number of carbonyl (C=O) groups excluding carboxylic acids is 1. The Labute approximate surface area is 102 Å². The van der Waals surface area contributed by atoms with Crippen LogP contribution in [-0.4, -0.2) is 46.1 Å². The first-order valence-electron chi connectivity index (χ1n) is 6.36. The van der Waals surface area contributed by atoms with Crippen molar-refractivity contribution in [3.05, 3.63) is 0 Å². The molecule has 1 heterocycles. The van der Waals surface area contributed by atoms with E-state index in [1.165, 1.54) is 19.3 Å². The minimum absolute atomic E-state index is 0.0969. The van der Waals surface area contributed by atoms with E-state index in [1.54, 1.807) is 11.8 Å². The van der Waals surface area contributed by atoms with E-state index in [2.05, 4.69) is 0 Å². The van der Waals surface area contributed by atoms with Crippen molar-refractivity contribution < 1.29 is 9.90 Å². The molecule has 1 atom stereocenters. The third kappa shape index (κ3) is 2.72. The second kappa shape index (κ2) is 5.92. The van der Waals surface area contributed by atoms with E-state index in [0.717, 1.165) is 25.0 Å². The maximum absolute atomic E-state index is 12.3. The number of carbonyl (C=O) groups is 1. The Balaban J connectivity index is 1.96. The van der Waals surface area contributed by atoms with Crippen LogP contribution in [0.2, 0.25) is 0 Å². The van der Waals surface area contributed by atoms with Gasteiger partial charge in [-0.3, -0.25) is 4.79 Å². The molecule has 2 rings (SSSR count). The standard InChI is InChI=1S/C12H21NO2S/c14-8-7-13(10-4-1-2-5-10)12(15)11-6-3-9-16-11/h10-11,14H,1-9H2. The lowest BCUT2D eigenvalue weighted by Crippen LogP contribution is -2.44. The van der Waals surface area contributed by atoms with Crippen LogP contribution in [0.4, 0.5) is 0 Å². The van der Waals surface area contributed by atoms with Crippen molar-refractivity contribution in [1.82, 2.24) is 4.90 Å². The van der Waals surface area contributed by atoms with Gasteiger partial charge in [0.2, 0.25) is 5.91 Å². The molecule has 1 saturated heterocycles. The first-order valence-corrected chi connectivity index (χ1v) is 7.40. The lowest BCUT2D eigenvalue weighted by Gasteiger charge is -2.30. The normalized spacial score (nSPS) is 26.2. The summed E-state index contributed by atoms with van der Waals surface area (Å²) in [5.74, 6) is 1.40. The number of aliphatic hydroxyl groups is 1. The number of aliphatic hydroxyl groups excluding tert-OH is 1. The van der Waals surface area contributed by atoms with Gasteiger partial charge in [0.05, 0.1) is 11.9 Å². The van der Waals surface area contributed by atoms with Gasteiger partial charge in [-0.15, -0.1) is 11.8 Å². The largest absolute Gasteiger partial charge is 0.395 e. The fourth-order valence-electron chi connectivity index (χ4n) is 2.75. The number of rotatable bonds is 4. The van der Waals surface area contributed by atoms with Gasteiger partial charge in [-0.2, -0.15) is 0 Å². The van der Waals surface area contributed by atoms with Crippen LogP contribution in [0.3, 0.4) is 0 Å². The summed E-state index contributed by atoms with van der Waals surface area (Å²) in [6.07, 6.45) is 6.92. The molecule has 1 saturated carbocycles. The van der Waals surface area contributed by atoms with Crippen molar-refractivity contribution in [2.24, 2.45) is 0 Å². The summed E-state index contributed by atoms with van der Waals surface area (Å²) in [5.41, 5.74) is 0. The maximum Gasteiger partial charge on any atom is 0.236 e. The van der Waals surface area contributed by atoms with Crippen LogP contribution in [-0.2, 0) is 4.79 Å². The van der Waals surface area contributed by atoms with E-state index in [4.69, 9.17) is 5.11 Å². The summed E-state index contributed by atoms with van der Waals surface area (Å²) in [5, 5.41) is 9.26. The van der Waals surface area contributed by atoms with Crippen LogP contribution in [0.25, 0.3) is 0 Å². The van der Waals surface area contributed by atoms with E-state index in [0.29, 0.717) is 12.6 Å². The van der Waals surface area contributed by atoms with Gasteiger partial charge in [0.1, 0.15) is 0 Å². The smallest absolute Gasteiger partial charge is 0.236 e. The Morgan fingerprint density at radius 2 is 2.00 bits per heavy atom. The van der Waals surface area contributed by atoms with Crippen molar-refractivity contribution in [1.29, 1.82) is 0 Å². The molecule has 1 amide bonds. The van der Waals surface area contributed by atoms with Gasteiger partial charge in [-0.1, -0.05) is 12.8 Å². The van der Waals surface area contributed by atoms with Crippen LogP contribution < -0.4 is 0 Å². The zero-order chi connectivity index (χ0) is 11.4. The van der Waals surface area contributed by atoms with Crippen molar-refractivity contribution in [2.75, 3.05) is 18.9 Å². The zero-order valence-electron chi connectivity index (χ0n) is 9.73. The Hall–Kier alpha value is -0.220. The number of amides is 1. The van der Waals surface area contributed by atoms with Gasteiger partial charge < -0.3 is 10.0 Å². The van der Waals surface area contributed by atoms with E-state index >= 15 is 0 Å². The highest BCUT2D eigenvalue weighted by molar-refractivity contribution is 8.00. The summed E-state index contributed by atoms with van der Waals surface area (Å²) >= 11 is 1.79. The molecular weight excluding hydrogens is 222 g/mol. The third-order valence-electron chi connectivity index (χ3n) is 3.59. The average molecular weight is 243 g/mol. The van der Waals surface area contributed by atoms with Crippen LogP contribution in [0.15, 0.2) is 0 Å². The van der Waals surface area contributed by atoms with Crippen LogP contribution in [0, 0.1) is 0 Å². The molecule has 0 radical (unpaired) electrons. The Bertz CT molecular complexity index is 235. The van der Waals surface area contributed by atoms with Crippen LogP contribution in [0.5, 0.6) is 0 Å².